The standard InChI is InChI=1S/C26H32Cl2N4O2/c1-31-9-3-4-19(17-31)13-23(33)12-18-7-10-32(11-8-18)25-24(15-22(28)16-29-25)30-26(34)20-5-2-6-21(27)14-20/h2,5-6,14-16,18-19H,3-4,7-13,17H2,1H3,(H,30,34)/t19-/m0/s1. The first kappa shape index (κ1) is 25.0. The molecular weight excluding hydrogens is 471 g/mol. The number of aromatic nitrogens is 1. The van der Waals surface area contributed by atoms with Crippen molar-refractivity contribution in [2.24, 2.45) is 11.8 Å². The maximum absolute atomic E-state index is 12.8. The Morgan fingerprint density at radius 2 is 1.79 bits per heavy atom. The fraction of sp³-hybridized carbons (Fsp3) is 0.500. The molecule has 2 aliphatic rings. The first-order valence-electron chi connectivity index (χ1n) is 12.0. The Labute approximate surface area is 211 Å². The summed E-state index contributed by atoms with van der Waals surface area (Å²) in [4.78, 5) is 34.5. The number of carbonyl (C=O) groups excluding carboxylic acids is 2. The Balaban J connectivity index is 1.34. The number of hydrogen-bond donors (Lipinski definition) is 1. The maximum Gasteiger partial charge on any atom is 0.255 e. The third kappa shape index (κ3) is 6.71. The number of anilines is 2. The second kappa shape index (κ2) is 11.5. The highest BCUT2D eigenvalue weighted by Crippen LogP contribution is 2.32. The minimum atomic E-state index is -0.262. The van der Waals surface area contributed by atoms with Gasteiger partial charge in [0.15, 0.2) is 5.82 Å². The number of nitrogens with one attached hydrogen (secondary N) is 1. The smallest absolute Gasteiger partial charge is 0.255 e. The van der Waals surface area contributed by atoms with Crippen molar-refractivity contribution in [1.29, 1.82) is 0 Å². The van der Waals surface area contributed by atoms with Crippen LogP contribution in [-0.4, -0.2) is 54.8 Å². The van der Waals surface area contributed by atoms with E-state index in [1.165, 1.54) is 12.8 Å². The van der Waals surface area contributed by atoms with Gasteiger partial charge in [-0.3, -0.25) is 9.59 Å². The first-order chi connectivity index (χ1) is 16.4. The van der Waals surface area contributed by atoms with Gasteiger partial charge in [0.05, 0.1) is 10.7 Å². The van der Waals surface area contributed by atoms with E-state index in [1.807, 2.05) is 0 Å². The molecule has 34 heavy (non-hydrogen) atoms. The molecule has 4 rings (SSSR count). The van der Waals surface area contributed by atoms with E-state index < -0.39 is 0 Å². The molecule has 182 valence electrons. The molecule has 0 aliphatic carbocycles. The summed E-state index contributed by atoms with van der Waals surface area (Å²) in [7, 11) is 2.14. The van der Waals surface area contributed by atoms with Crippen molar-refractivity contribution >= 4 is 46.4 Å². The van der Waals surface area contributed by atoms with Crippen molar-refractivity contribution < 1.29 is 9.59 Å². The normalized spacial score (nSPS) is 19.7. The van der Waals surface area contributed by atoms with Gasteiger partial charge in [0.2, 0.25) is 0 Å². The van der Waals surface area contributed by atoms with E-state index >= 15 is 0 Å². The number of benzene rings is 1. The van der Waals surface area contributed by atoms with Gasteiger partial charge in [0.1, 0.15) is 5.78 Å². The Hall–Kier alpha value is -2.15. The SMILES string of the molecule is CN1CCC[C@@H](CC(=O)CC2CCN(c3ncc(Cl)cc3NC(=O)c3cccc(Cl)c3)CC2)C1. The summed E-state index contributed by atoms with van der Waals surface area (Å²) in [5.74, 6) is 1.76. The average Bonchev–Trinajstić information content (AvgIpc) is 2.80. The lowest BCUT2D eigenvalue weighted by atomic mass is 9.86. The summed E-state index contributed by atoms with van der Waals surface area (Å²) in [5, 5.41) is 3.90. The Bertz CT molecular complexity index is 1020. The van der Waals surface area contributed by atoms with Crippen LogP contribution in [0.25, 0.3) is 0 Å². The van der Waals surface area contributed by atoms with E-state index in [2.05, 4.69) is 27.1 Å². The molecule has 1 N–H and O–H groups in total. The van der Waals surface area contributed by atoms with Crippen LogP contribution in [0.5, 0.6) is 0 Å². The molecular formula is C26H32Cl2N4O2. The summed E-state index contributed by atoms with van der Waals surface area (Å²) >= 11 is 12.2. The lowest BCUT2D eigenvalue weighted by Crippen LogP contribution is -2.36. The quantitative estimate of drug-likeness (QED) is 0.537. The molecule has 3 heterocycles. The lowest BCUT2D eigenvalue weighted by molar-refractivity contribution is -0.121. The molecule has 6 nitrogen and oxygen atoms in total. The number of hydrogen-bond acceptors (Lipinski definition) is 5. The number of pyridine rings is 1. The Morgan fingerprint density at radius 3 is 2.53 bits per heavy atom. The monoisotopic (exact) mass is 502 g/mol. The van der Waals surface area contributed by atoms with Crippen LogP contribution in [-0.2, 0) is 4.79 Å². The Morgan fingerprint density at radius 1 is 1.03 bits per heavy atom. The number of carbonyl (C=O) groups is 2. The lowest BCUT2D eigenvalue weighted by Gasteiger charge is -2.34. The number of likely N-dealkylation sites (tertiary alicyclic amines) is 1. The molecule has 2 saturated heterocycles. The van der Waals surface area contributed by atoms with E-state index in [0.29, 0.717) is 57.6 Å². The molecule has 0 bridgehead atoms. The van der Waals surface area contributed by atoms with E-state index in [9.17, 15) is 9.59 Å². The number of nitrogens with zero attached hydrogens (tertiary/aromatic N) is 3. The molecule has 1 aromatic carbocycles. The summed E-state index contributed by atoms with van der Waals surface area (Å²) < 4.78 is 0. The molecule has 2 aliphatic heterocycles. The number of Topliss-reactive ketones (excluding diaryl/α,β-unsaturated/α-hetero) is 1. The second-order valence-electron chi connectivity index (χ2n) is 9.64. The van der Waals surface area contributed by atoms with Gasteiger partial charge in [-0.2, -0.15) is 0 Å². The molecule has 1 amide bonds. The summed E-state index contributed by atoms with van der Waals surface area (Å²) in [6, 6.07) is 8.54. The highest BCUT2D eigenvalue weighted by atomic mass is 35.5. The zero-order valence-electron chi connectivity index (χ0n) is 19.6. The maximum atomic E-state index is 12.8. The molecule has 2 aromatic rings. The van der Waals surface area contributed by atoms with Crippen LogP contribution in [0.2, 0.25) is 10.0 Å². The molecule has 1 atom stereocenters. The number of halogens is 2. The highest BCUT2D eigenvalue weighted by Gasteiger charge is 2.26. The predicted octanol–water partition coefficient (Wildman–Crippen LogP) is 5.55. The molecule has 0 radical (unpaired) electrons. The van der Waals surface area contributed by atoms with E-state index in [1.54, 1.807) is 36.5 Å². The van der Waals surface area contributed by atoms with Crippen LogP contribution in [0, 0.1) is 11.8 Å². The Kier molecular flexibility index (Phi) is 8.46. The van der Waals surface area contributed by atoms with Crippen molar-refractivity contribution in [3.63, 3.8) is 0 Å². The summed E-state index contributed by atoms with van der Waals surface area (Å²) in [6.07, 6.45) is 7.20. The zero-order chi connectivity index (χ0) is 24.1. The number of piperidine rings is 2. The minimum absolute atomic E-state index is 0.262. The van der Waals surface area contributed by atoms with Gasteiger partial charge in [-0.05, 0) is 75.4 Å². The second-order valence-corrected chi connectivity index (χ2v) is 10.5. The van der Waals surface area contributed by atoms with Crippen LogP contribution in [0.15, 0.2) is 36.5 Å². The number of ketones is 1. The van der Waals surface area contributed by atoms with Gasteiger partial charge in [0.25, 0.3) is 5.91 Å². The van der Waals surface area contributed by atoms with Crippen LogP contribution in [0.3, 0.4) is 0 Å². The van der Waals surface area contributed by atoms with Crippen LogP contribution >= 0.6 is 23.2 Å². The van der Waals surface area contributed by atoms with Gasteiger partial charge >= 0.3 is 0 Å². The number of amides is 1. The highest BCUT2D eigenvalue weighted by molar-refractivity contribution is 6.31. The average molecular weight is 503 g/mol. The van der Waals surface area contributed by atoms with Gasteiger partial charge in [-0.25, -0.2) is 4.98 Å². The van der Waals surface area contributed by atoms with Crippen molar-refractivity contribution in [1.82, 2.24) is 9.88 Å². The zero-order valence-corrected chi connectivity index (χ0v) is 21.1. The third-order valence-corrected chi connectivity index (χ3v) is 7.28. The van der Waals surface area contributed by atoms with Crippen molar-refractivity contribution in [3.05, 3.63) is 52.1 Å². The van der Waals surface area contributed by atoms with E-state index in [0.717, 1.165) is 39.0 Å². The minimum Gasteiger partial charge on any atom is -0.355 e. The summed E-state index contributed by atoms with van der Waals surface area (Å²) in [6.45, 7) is 3.76. The molecule has 0 unspecified atom stereocenters. The van der Waals surface area contributed by atoms with Gasteiger partial charge < -0.3 is 15.1 Å². The fourth-order valence-electron chi connectivity index (χ4n) is 5.12. The van der Waals surface area contributed by atoms with Gasteiger partial charge in [-0.1, -0.05) is 29.3 Å². The van der Waals surface area contributed by atoms with Crippen LogP contribution in [0.1, 0.15) is 48.9 Å². The van der Waals surface area contributed by atoms with Gasteiger partial charge in [-0.15, -0.1) is 0 Å². The largest absolute Gasteiger partial charge is 0.355 e. The fourth-order valence-corrected chi connectivity index (χ4v) is 5.46. The van der Waals surface area contributed by atoms with Crippen LogP contribution in [0.4, 0.5) is 11.5 Å². The molecule has 2 fully saturated rings. The van der Waals surface area contributed by atoms with E-state index in [4.69, 9.17) is 23.2 Å². The molecule has 8 heteroatoms. The summed E-state index contributed by atoms with van der Waals surface area (Å²) in [5.41, 5.74) is 1.05. The molecule has 1 aromatic heterocycles. The van der Waals surface area contributed by atoms with Crippen LogP contribution < -0.4 is 10.2 Å². The predicted molar refractivity (Wildman–Crippen MR) is 138 cm³/mol. The number of rotatable bonds is 7. The topological polar surface area (TPSA) is 65.5 Å². The van der Waals surface area contributed by atoms with Gasteiger partial charge in [0, 0.05) is 49.3 Å². The molecule has 0 saturated carbocycles. The van der Waals surface area contributed by atoms with Crippen molar-refractivity contribution in [2.45, 2.75) is 38.5 Å². The molecule has 0 spiro atoms. The third-order valence-electron chi connectivity index (χ3n) is 6.84. The first-order valence-corrected chi connectivity index (χ1v) is 12.8. The van der Waals surface area contributed by atoms with Crippen molar-refractivity contribution in [2.75, 3.05) is 43.4 Å². The van der Waals surface area contributed by atoms with Crippen molar-refractivity contribution in [3.8, 4) is 0 Å². The van der Waals surface area contributed by atoms with E-state index in [-0.39, 0.29) is 5.91 Å².